The van der Waals surface area contributed by atoms with Gasteiger partial charge < -0.3 is 15.0 Å². The number of carbonyl (C=O) groups is 1. The Balaban J connectivity index is 1.34. The van der Waals surface area contributed by atoms with E-state index in [-0.39, 0.29) is 13.1 Å². The molecule has 0 aromatic carbocycles. The first-order chi connectivity index (χ1) is 17.7. The first-order valence-corrected chi connectivity index (χ1v) is 12.5. The predicted octanol–water partition coefficient (Wildman–Crippen LogP) is 4.56. The number of anilines is 1. The third-order valence-corrected chi connectivity index (χ3v) is 6.90. The Morgan fingerprint density at radius 1 is 1.22 bits per heavy atom. The molecule has 1 saturated heterocycles. The van der Waals surface area contributed by atoms with Gasteiger partial charge in [-0.2, -0.15) is 17.5 Å². The third-order valence-electron chi connectivity index (χ3n) is 5.96. The first kappa shape index (κ1) is 26.9. The van der Waals surface area contributed by atoms with Gasteiger partial charge in [-0.3, -0.25) is 9.78 Å². The maximum absolute atomic E-state index is 13.0. The summed E-state index contributed by atoms with van der Waals surface area (Å²) in [5.74, 6) is 0.325. The number of amides is 1. The van der Waals surface area contributed by atoms with Crippen molar-refractivity contribution in [3.05, 3.63) is 58.2 Å². The fourth-order valence-electron chi connectivity index (χ4n) is 4.13. The van der Waals surface area contributed by atoms with Gasteiger partial charge in [0, 0.05) is 42.6 Å². The number of alkyl halides is 4. The van der Waals surface area contributed by atoms with Crippen LogP contribution < -0.4 is 10.1 Å². The highest BCUT2D eigenvalue weighted by Crippen LogP contribution is 2.28. The summed E-state index contributed by atoms with van der Waals surface area (Å²) >= 11 is 1.08. The number of hydrogen-bond donors (Lipinski definition) is 1. The molecule has 0 spiro atoms. The summed E-state index contributed by atoms with van der Waals surface area (Å²) in [6.45, 7) is 3.97. The summed E-state index contributed by atoms with van der Waals surface area (Å²) in [4.78, 5) is 27.1. The van der Waals surface area contributed by atoms with E-state index in [1.165, 1.54) is 6.20 Å². The van der Waals surface area contributed by atoms with Crippen molar-refractivity contribution in [1.29, 1.82) is 0 Å². The van der Waals surface area contributed by atoms with Gasteiger partial charge in [0.15, 0.2) is 5.69 Å². The van der Waals surface area contributed by atoms with Gasteiger partial charge in [-0.05, 0) is 43.9 Å². The summed E-state index contributed by atoms with van der Waals surface area (Å²) < 4.78 is 60.8. The van der Waals surface area contributed by atoms with Crippen molar-refractivity contribution in [2.45, 2.75) is 32.4 Å². The van der Waals surface area contributed by atoms with E-state index < -0.39 is 17.8 Å². The van der Waals surface area contributed by atoms with Crippen LogP contribution in [-0.4, -0.2) is 63.0 Å². The van der Waals surface area contributed by atoms with Gasteiger partial charge >= 0.3 is 6.18 Å². The van der Waals surface area contributed by atoms with Crippen LogP contribution in [0.4, 0.5) is 23.2 Å². The highest BCUT2D eigenvalue weighted by atomic mass is 32.1. The maximum atomic E-state index is 13.0. The van der Waals surface area contributed by atoms with Crippen LogP contribution in [0.25, 0.3) is 0 Å². The van der Waals surface area contributed by atoms with Crippen LogP contribution >= 0.6 is 11.5 Å². The van der Waals surface area contributed by atoms with Gasteiger partial charge in [0.2, 0.25) is 5.88 Å². The van der Waals surface area contributed by atoms with Crippen molar-refractivity contribution >= 4 is 23.1 Å². The Hall–Kier alpha value is -3.19. The molecule has 1 unspecified atom stereocenters. The third kappa shape index (κ3) is 7.19. The topological polar surface area (TPSA) is 93.1 Å². The number of rotatable bonds is 9. The summed E-state index contributed by atoms with van der Waals surface area (Å²) in [6.07, 6.45) is 0.788. The van der Waals surface area contributed by atoms with E-state index in [1.54, 1.807) is 19.1 Å². The number of ether oxygens (including phenoxy) is 1. The number of piperidine rings is 1. The minimum Gasteiger partial charge on any atom is -0.477 e. The van der Waals surface area contributed by atoms with E-state index in [1.807, 2.05) is 0 Å². The molecule has 1 atom stereocenters. The molecule has 0 aliphatic carbocycles. The molecule has 4 heterocycles. The number of aromatic nitrogens is 4. The van der Waals surface area contributed by atoms with Gasteiger partial charge in [-0.15, -0.1) is 0 Å². The number of pyridine rings is 1. The number of likely N-dealkylation sites (tertiary alicyclic amines) is 1. The van der Waals surface area contributed by atoms with Crippen molar-refractivity contribution in [1.82, 2.24) is 24.2 Å². The van der Waals surface area contributed by atoms with Crippen LogP contribution in [-0.2, 0) is 12.6 Å². The fourth-order valence-corrected chi connectivity index (χ4v) is 5.01. The molecule has 4 rings (SSSR count). The average Bonchev–Trinajstić information content (AvgIpc) is 3.23. The summed E-state index contributed by atoms with van der Waals surface area (Å²) in [6, 6.07) is 3.34. The molecule has 1 N–H and O–H groups in total. The molecule has 8 nitrogen and oxygen atoms in total. The number of aryl methyl sites for hydroxylation is 1. The SMILES string of the molecule is Cc1nsc(Cc2cnc(C(F)(F)F)cn2)c1C(=O)Nc1ccc(OCC2CCCN(CCF)C2)nc1. The molecule has 0 radical (unpaired) electrons. The normalized spacial score (nSPS) is 16.5. The molecule has 13 heteroatoms. The first-order valence-electron chi connectivity index (χ1n) is 11.7. The molecule has 0 saturated carbocycles. The van der Waals surface area contributed by atoms with Crippen molar-refractivity contribution < 1.29 is 27.1 Å². The van der Waals surface area contributed by atoms with Gasteiger partial charge in [-0.1, -0.05) is 0 Å². The van der Waals surface area contributed by atoms with Crippen LogP contribution in [0, 0.1) is 12.8 Å². The van der Waals surface area contributed by atoms with Crippen molar-refractivity contribution in [2.24, 2.45) is 5.92 Å². The highest BCUT2D eigenvalue weighted by molar-refractivity contribution is 7.06. The molecule has 37 heavy (non-hydrogen) atoms. The number of nitrogens with zero attached hydrogens (tertiary/aromatic N) is 5. The number of nitrogens with one attached hydrogen (secondary N) is 1. The minimum atomic E-state index is -4.57. The lowest BCUT2D eigenvalue weighted by Crippen LogP contribution is -2.38. The molecular formula is C24H26F4N6O2S. The summed E-state index contributed by atoms with van der Waals surface area (Å²) in [5.41, 5.74) is 0.503. The van der Waals surface area contributed by atoms with E-state index in [2.05, 4.69) is 29.5 Å². The van der Waals surface area contributed by atoms with E-state index in [9.17, 15) is 22.4 Å². The number of halogens is 4. The van der Waals surface area contributed by atoms with Crippen LogP contribution in [0.5, 0.6) is 5.88 Å². The van der Waals surface area contributed by atoms with E-state index >= 15 is 0 Å². The van der Waals surface area contributed by atoms with Crippen molar-refractivity contribution in [2.75, 3.05) is 38.2 Å². The highest BCUT2D eigenvalue weighted by Gasteiger charge is 2.32. The zero-order chi connectivity index (χ0) is 26.4. The summed E-state index contributed by atoms with van der Waals surface area (Å²) in [5, 5.41) is 2.78. The molecule has 3 aromatic heterocycles. The standard InChI is InChI=1S/C24H26F4N6O2S/c1-15-22(19(37-33-15)9-18-11-30-20(12-29-18)24(26,27)28)23(35)32-17-4-5-21(31-10-17)36-14-16-3-2-7-34(13-16)8-6-25/h4-5,10-12,16H,2-3,6-9,13-14H2,1H3,(H,32,35). The Morgan fingerprint density at radius 2 is 2.05 bits per heavy atom. The molecule has 1 amide bonds. The smallest absolute Gasteiger partial charge is 0.434 e. The number of carbonyl (C=O) groups excluding carboxylic acids is 1. The Labute approximate surface area is 215 Å². The van der Waals surface area contributed by atoms with Crippen LogP contribution in [0.2, 0.25) is 0 Å². The van der Waals surface area contributed by atoms with Gasteiger partial charge in [0.1, 0.15) is 6.67 Å². The fraction of sp³-hybridized carbons (Fsp3) is 0.458. The maximum Gasteiger partial charge on any atom is 0.434 e. The molecule has 3 aromatic rings. The van der Waals surface area contributed by atoms with Gasteiger partial charge in [0.25, 0.3) is 5.91 Å². The molecule has 0 bridgehead atoms. The van der Waals surface area contributed by atoms with Crippen molar-refractivity contribution in [3.8, 4) is 5.88 Å². The zero-order valence-electron chi connectivity index (χ0n) is 20.1. The van der Waals surface area contributed by atoms with Gasteiger partial charge in [-0.25, -0.2) is 14.4 Å². The molecular weight excluding hydrogens is 512 g/mol. The quantitative estimate of drug-likeness (QED) is 0.400. The lowest BCUT2D eigenvalue weighted by Gasteiger charge is -2.31. The van der Waals surface area contributed by atoms with Crippen LogP contribution in [0.15, 0.2) is 30.7 Å². The van der Waals surface area contributed by atoms with Crippen molar-refractivity contribution in [3.63, 3.8) is 0 Å². The minimum absolute atomic E-state index is 0.119. The van der Waals surface area contributed by atoms with Crippen LogP contribution in [0.3, 0.4) is 0 Å². The molecule has 1 aliphatic heterocycles. The van der Waals surface area contributed by atoms with E-state index in [0.29, 0.717) is 58.7 Å². The van der Waals surface area contributed by atoms with Gasteiger partial charge in [0.05, 0.1) is 41.6 Å². The second kappa shape index (κ2) is 11.9. The molecule has 1 fully saturated rings. The Bertz CT molecular complexity index is 1190. The largest absolute Gasteiger partial charge is 0.477 e. The lowest BCUT2D eigenvalue weighted by molar-refractivity contribution is -0.141. The monoisotopic (exact) mass is 538 g/mol. The summed E-state index contributed by atoms with van der Waals surface area (Å²) in [7, 11) is 0. The lowest BCUT2D eigenvalue weighted by atomic mass is 9.99. The zero-order valence-corrected chi connectivity index (χ0v) is 20.9. The second-order valence-electron chi connectivity index (χ2n) is 8.78. The Kier molecular flexibility index (Phi) is 8.64. The van der Waals surface area contributed by atoms with E-state index in [4.69, 9.17) is 4.74 Å². The average molecular weight is 539 g/mol. The number of hydrogen-bond acceptors (Lipinski definition) is 8. The van der Waals surface area contributed by atoms with Crippen LogP contribution in [0.1, 0.15) is 45.2 Å². The second-order valence-corrected chi connectivity index (χ2v) is 9.64. The molecule has 198 valence electrons. The predicted molar refractivity (Wildman–Crippen MR) is 130 cm³/mol. The molecule has 1 aliphatic rings. The Morgan fingerprint density at radius 3 is 2.73 bits per heavy atom. The van der Waals surface area contributed by atoms with E-state index in [0.717, 1.165) is 43.7 Å².